The lowest BCUT2D eigenvalue weighted by molar-refractivity contribution is -0.117. The maximum Gasteiger partial charge on any atom is 0.315 e. The Balaban J connectivity index is 1.59. The lowest BCUT2D eigenvalue weighted by Gasteiger charge is -2.19. The lowest BCUT2D eigenvalue weighted by atomic mass is 10.2. The van der Waals surface area contributed by atoms with Crippen molar-refractivity contribution in [2.24, 2.45) is 0 Å². The van der Waals surface area contributed by atoms with Gasteiger partial charge in [0.15, 0.2) is 11.5 Å². The van der Waals surface area contributed by atoms with E-state index in [4.69, 9.17) is 13.9 Å². The lowest BCUT2D eigenvalue weighted by Crippen LogP contribution is -2.43. The van der Waals surface area contributed by atoms with Crippen LogP contribution < -0.4 is 25.0 Å². The molecular formula is C18H21N3O5. The van der Waals surface area contributed by atoms with E-state index in [1.54, 1.807) is 55.7 Å². The van der Waals surface area contributed by atoms with Gasteiger partial charge in [0.1, 0.15) is 5.76 Å². The Morgan fingerprint density at radius 3 is 2.77 bits per heavy atom. The number of amides is 3. The summed E-state index contributed by atoms with van der Waals surface area (Å²) in [6, 6.07) is 8.21. The summed E-state index contributed by atoms with van der Waals surface area (Å²) in [5, 5.41) is 5.52. The highest BCUT2D eigenvalue weighted by Crippen LogP contribution is 2.33. The van der Waals surface area contributed by atoms with Gasteiger partial charge in [-0.1, -0.05) is 0 Å². The SMILES string of the molecule is COc1ccc(N2C[C@@H](NC(=O)NCc3ccco3)CC2=O)cc1OC. The van der Waals surface area contributed by atoms with Crippen LogP contribution in [0.4, 0.5) is 10.5 Å². The zero-order chi connectivity index (χ0) is 18.5. The van der Waals surface area contributed by atoms with Crippen LogP contribution in [0.25, 0.3) is 0 Å². The molecule has 1 aromatic carbocycles. The Bertz CT molecular complexity index is 775. The third-order valence-electron chi connectivity index (χ3n) is 4.14. The number of urea groups is 1. The third-order valence-corrected chi connectivity index (χ3v) is 4.14. The highest BCUT2D eigenvalue weighted by atomic mass is 16.5. The largest absolute Gasteiger partial charge is 0.493 e. The number of nitrogens with zero attached hydrogens (tertiary/aromatic N) is 1. The van der Waals surface area contributed by atoms with E-state index >= 15 is 0 Å². The average Bonchev–Trinajstić information content (AvgIpc) is 3.29. The molecule has 2 aromatic rings. The van der Waals surface area contributed by atoms with E-state index in [0.717, 1.165) is 0 Å². The van der Waals surface area contributed by atoms with Gasteiger partial charge < -0.3 is 29.4 Å². The van der Waals surface area contributed by atoms with Crippen LogP contribution >= 0.6 is 0 Å². The minimum absolute atomic E-state index is 0.0615. The third kappa shape index (κ3) is 3.90. The molecule has 1 atom stereocenters. The number of ether oxygens (including phenoxy) is 2. The van der Waals surface area contributed by atoms with Crippen LogP contribution in [0, 0.1) is 0 Å². The normalized spacial score (nSPS) is 16.5. The molecule has 3 amide bonds. The van der Waals surface area contributed by atoms with Crippen molar-refractivity contribution in [1.82, 2.24) is 10.6 Å². The van der Waals surface area contributed by atoms with E-state index in [-0.39, 0.29) is 24.4 Å². The number of anilines is 1. The maximum absolute atomic E-state index is 12.3. The van der Waals surface area contributed by atoms with Crippen LogP contribution in [0.2, 0.25) is 0 Å². The summed E-state index contributed by atoms with van der Waals surface area (Å²) in [5.74, 6) is 1.74. The van der Waals surface area contributed by atoms with Gasteiger partial charge in [-0.25, -0.2) is 4.79 Å². The Kier molecular flexibility index (Phi) is 5.31. The first-order valence-electron chi connectivity index (χ1n) is 8.20. The molecule has 0 radical (unpaired) electrons. The predicted molar refractivity (Wildman–Crippen MR) is 94.4 cm³/mol. The molecule has 2 N–H and O–H groups in total. The molecular weight excluding hydrogens is 338 g/mol. The second kappa shape index (κ2) is 7.81. The fourth-order valence-electron chi connectivity index (χ4n) is 2.86. The Hall–Kier alpha value is -3.16. The molecule has 1 aromatic heterocycles. The van der Waals surface area contributed by atoms with E-state index in [1.165, 1.54) is 0 Å². The highest BCUT2D eigenvalue weighted by Gasteiger charge is 2.32. The summed E-state index contributed by atoms with van der Waals surface area (Å²) in [6.45, 7) is 0.682. The number of methoxy groups -OCH3 is 2. The summed E-state index contributed by atoms with van der Waals surface area (Å²) >= 11 is 0. The molecule has 0 spiro atoms. The van der Waals surface area contributed by atoms with E-state index in [0.29, 0.717) is 36.0 Å². The van der Waals surface area contributed by atoms with Gasteiger partial charge in [-0.2, -0.15) is 0 Å². The van der Waals surface area contributed by atoms with Gasteiger partial charge in [0.25, 0.3) is 0 Å². The molecule has 26 heavy (non-hydrogen) atoms. The maximum atomic E-state index is 12.3. The number of carbonyl (C=O) groups excluding carboxylic acids is 2. The second-order valence-corrected chi connectivity index (χ2v) is 5.85. The van der Waals surface area contributed by atoms with Gasteiger partial charge >= 0.3 is 6.03 Å². The number of carbonyl (C=O) groups is 2. The molecule has 0 saturated carbocycles. The molecule has 1 aliphatic heterocycles. The van der Waals surface area contributed by atoms with Gasteiger partial charge in [-0.15, -0.1) is 0 Å². The van der Waals surface area contributed by atoms with Crippen molar-refractivity contribution in [3.63, 3.8) is 0 Å². The summed E-state index contributed by atoms with van der Waals surface area (Å²) in [7, 11) is 3.10. The summed E-state index contributed by atoms with van der Waals surface area (Å²) < 4.78 is 15.6. The van der Waals surface area contributed by atoms with Gasteiger partial charge in [0.05, 0.1) is 33.1 Å². The number of furan rings is 1. The molecule has 0 bridgehead atoms. The Morgan fingerprint density at radius 2 is 2.08 bits per heavy atom. The molecule has 138 valence electrons. The fraction of sp³-hybridized carbons (Fsp3) is 0.333. The first-order chi connectivity index (χ1) is 12.6. The quantitative estimate of drug-likeness (QED) is 0.822. The van der Waals surface area contributed by atoms with Crippen molar-refractivity contribution in [2.45, 2.75) is 19.0 Å². The van der Waals surface area contributed by atoms with E-state index in [2.05, 4.69) is 10.6 Å². The molecule has 0 unspecified atom stereocenters. The minimum atomic E-state index is -0.339. The molecule has 0 aliphatic carbocycles. The van der Waals surface area contributed by atoms with E-state index in [9.17, 15) is 9.59 Å². The number of nitrogens with one attached hydrogen (secondary N) is 2. The van der Waals surface area contributed by atoms with Crippen molar-refractivity contribution >= 4 is 17.6 Å². The van der Waals surface area contributed by atoms with Crippen LogP contribution in [0.3, 0.4) is 0 Å². The van der Waals surface area contributed by atoms with E-state index < -0.39 is 0 Å². The van der Waals surface area contributed by atoms with Gasteiger partial charge in [0.2, 0.25) is 5.91 Å². The van der Waals surface area contributed by atoms with Crippen LogP contribution in [-0.4, -0.2) is 38.7 Å². The Labute approximate surface area is 151 Å². The molecule has 1 fully saturated rings. The number of hydrogen-bond donors (Lipinski definition) is 2. The van der Waals surface area contributed by atoms with Crippen LogP contribution in [0.15, 0.2) is 41.0 Å². The van der Waals surface area contributed by atoms with Crippen molar-refractivity contribution in [2.75, 3.05) is 25.7 Å². The summed E-state index contributed by atoms with van der Waals surface area (Å²) in [4.78, 5) is 26.0. The molecule has 1 aliphatic rings. The highest BCUT2D eigenvalue weighted by molar-refractivity contribution is 5.97. The van der Waals surface area contributed by atoms with Crippen LogP contribution in [0.5, 0.6) is 11.5 Å². The van der Waals surface area contributed by atoms with Gasteiger partial charge in [0, 0.05) is 24.7 Å². The average molecular weight is 359 g/mol. The van der Waals surface area contributed by atoms with Gasteiger partial charge in [-0.3, -0.25) is 4.79 Å². The number of rotatable bonds is 6. The molecule has 8 nitrogen and oxygen atoms in total. The summed E-state index contributed by atoms with van der Waals surface area (Å²) in [6.07, 6.45) is 1.79. The standard InChI is InChI=1S/C18H21N3O5/c1-24-15-6-5-13(9-16(15)25-2)21-11-12(8-17(21)22)20-18(23)19-10-14-4-3-7-26-14/h3-7,9,12H,8,10-11H2,1-2H3,(H2,19,20,23)/t12-/m0/s1. The van der Waals surface area contributed by atoms with E-state index in [1.807, 2.05) is 0 Å². The van der Waals surface area contributed by atoms with Crippen LogP contribution in [0.1, 0.15) is 12.2 Å². The molecule has 2 heterocycles. The second-order valence-electron chi connectivity index (χ2n) is 5.85. The fourth-order valence-corrected chi connectivity index (χ4v) is 2.86. The van der Waals surface area contributed by atoms with Crippen molar-refractivity contribution < 1.29 is 23.5 Å². The molecule has 1 saturated heterocycles. The smallest absolute Gasteiger partial charge is 0.315 e. The zero-order valence-corrected chi connectivity index (χ0v) is 14.7. The first-order valence-corrected chi connectivity index (χ1v) is 8.20. The van der Waals surface area contributed by atoms with Crippen LogP contribution in [-0.2, 0) is 11.3 Å². The number of hydrogen-bond acceptors (Lipinski definition) is 5. The topological polar surface area (TPSA) is 93.0 Å². The van der Waals surface area contributed by atoms with Crippen molar-refractivity contribution in [1.29, 1.82) is 0 Å². The number of benzene rings is 1. The first kappa shape index (κ1) is 17.7. The summed E-state index contributed by atoms with van der Waals surface area (Å²) in [5.41, 5.74) is 0.702. The minimum Gasteiger partial charge on any atom is -0.493 e. The Morgan fingerprint density at radius 1 is 1.27 bits per heavy atom. The van der Waals surface area contributed by atoms with Crippen molar-refractivity contribution in [3.8, 4) is 11.5 Å². The molecule has 8 heteroatoms. The predicted octanol–water partition coefficient (Wildman–Crippen LogP) is 1.90. The zero-order valence-electron chi connectivity index (χ0n) is 14.7. The molecule has 3 rings (SSSR count). The van der Waals surface area contributed by atoms with Gasteiger partial charge in [-0.05, 0) is 24.3 Å². The van der Waals surface area contributed by atoms with Crippen molar-refractivity contribution in [3.05, 3.63) is 42.4 Å². The monoisotopic (exact) mass is 359 g/mol.